The number of amides is 2. The maximum Gasteiger partial charge on any atom is 0.322 e. The zero-order chi connectivity index (χ0) is 14.8. The van der Waals surface area contributed by atoms with Gasteiger partial charge in [0.2, 0.25) is 0 Å². The molecule has 114 valence electrons. The topological polar surface area (TPSA) is 44.4 Å². The first-order valence-electron chi connectivity index (χ1n) is 7.41. The summed E-state index contributed by atoms with van der Waals surface area (Å²) in [5.74, 6) is -0.482. The Bertz CT molecular complexity index is 538. The predicted molar refractivity (Wildman–Crippen MR) is 81.2 cm³/mol. The number of hydrogen-bond acceptors (Lipinski definition) is 2. The van der Waals surface area contributed by atoms with Crippen LogP contribution in [-0.2, 0) is 0 Å². The summed E-state index contributed by atoms with van der Waals surface area (Å²) in [6.45, 7) is 1.51. The number of benzene rings is 1. The molecule has 1 aromatic rings. The number of anilines is 1. The van der Waals surface area contributed by atoms with Crippen LogP contribution in [0, 0.1) is 5.82 Å². The number of piperazine rings is 1. The minimum atomic E-state index is -0.482. The van der Waals surface area contributed by atoms with Crippen LogP contribution in [0.5, 0.6) is 0 Å². The van der Waals surface area contributed by atoms with Gasteiger partial charge in [0.15, 0.2) is 0 Å². The normalized spacial score (nSPS) is 25.3. The van der Waals surface area contributed by atoms with Crippen LogP contribution in [0.3, 0.4) is 0 Å². The summed E-state index contributed by atoms with van der Waals surface area (Å²) in [6.07, 6.45) is 4.54. The van der Waals surface area contributed by atoms with Crippen molar-refractivity contribution in [3.63, 3.8) is 0 Å². The molecule has 2 N–H and O–H groups in total. The molecule has 0 bridgehead atoms. The molecule has 6 heteroatoms. The van der Waals surface area contributed by atoms with Crippen LogP contribution in [0.25, 0.3) is 0 Å². The lowest BCUT2D eigenvalue weighted by Gasteiger charge is -2.44. The van der Waals surface area contributed by atoms with Gasteiger partial charge in [-0.05, 0) is 31.0 Å². The highest BCUT2D eigenvalue weighted by Gasteiger charge is 2.35. The molecule has 4 nitrogen and oxygen atoms in total. The molecular formula is C15H19ClFN3O. The molecule has 0 aromatic heterocycles. The maximum atomic E-state index is 13.1. The van der Waals surface area contributed by atoms with E-state index in [0.717, 1.165) is 25.8 Å². The molecule has 2 aliphatic rings. The molecule has 1 saturated carbocycles. The van der Waals surface area contributed by atoms with Gasteiger partial charge < -0.3 is 15.5 Å². The second-order valence-electron chi connectivity index (χ2n) is 5.66. The first-order chi connectivity index (χ1) is 10.1. The van der Waals surface area contributed by atoms with Gasteiger partial charge in [0.05, 0.1) is 5.02 Å². The molecule has 2 unspecified atom stereocenters. The molecule has 1 saturated heterocycles. The lowest BCUT2D eigenvalue weighted by Crippen LogP contribution is -2.61. The fourth-order valence-corrected chi connectivity index (χ4v) is 3.46. The average Bonchev–Trinajstić information content (AvgIpc) is 2.50. The molecule has 1 aromatic carbocycles. The van der Waals surface area contributed by atoms with Crippen LogP contribution >= 0.6 is 11.6 Å². The van der Waals surface area contributed by atoms with Crippen LogP contribution in [0.2, 0.25) is 5.02 Å². The van der Waals surface area contributed by atoms with Gasteiger partial charge in [0, 0.05) is 30.9 Å². The fraction of sp³-hybridized carbons (Fsp3) is 0.533. The van der Waals surface area contributed by atoms with Crippen molar-refractivity contribution in [2.75, 3.05) is 18.4 Å². The molecule has 1 heterocycles. The molecule has 21 heavy (non-hydrogen) atoms. The molecule has 0 radical (unpaired) electrons. The minimum Gasteiger partial charge on any atom is -0.319 e. The van der Waals surface area contributed by atoms with Crippen LogP contribution in [0.1, 0.15) is 25.7 Å². The van der Waals surface area contributed by atoms with E-state index in [1.165, 1.54) is 24.6 Å². The molecule has 0 spiro atoms. The third-order valence-electron chi connectivity index (χ3n) is 4.32. The number of nitrogens with zero attached hydrogens (tertiary/aromatic N) is 1. The summed E-state index contributed by atoms with van der Waals surface area (Å²) in [5.41, 5.74) is 0.525. The second-order valence-corrected chi connectivity index (χ2v) is 6.07. The highest BCUT2D eigenvalue weighted by Crippen LogP contribution is 2.26. The first-order valence-corrected chi connectivity index (χ1v) is 7.79. The van der Waals surface area contributed by atoms with Crippen molar-refractivity contribution in [2.45, 2.75) is 37.8 Å². The number of urea groups is 1. The zero-order valence-electron chi connectivity index (χ0n) is 11.7. The summed E-state index contributed by atoms with van der Waals surface area (Å²) in [5, 5.41) is 6.33. The summed E-state index contributed by atoms with van der Waals surface area (Å²) >= 11 is 5.74. The van der Waals surface area contributed by atoms with E-state index in [2.05, 4.69) is 10.6 Å². The summed E-state index contributed by atoms with van der Waals surface area (Å²) < 4.78 is 13.1. The molecule has 1 aliphatic carbocycles. The van der Waals surface area contributed by atoms with E-state index < -0.39 is 5.82 Å². The Kier molecular flexibility index (Phi) is 4.31. The van der Waals surface area contributed by atoms with Crippen LogP contribution in [-0.4, -0.2) is 36.1 Å². The quantitative estimate of drug-likeness (QED) is 0.836. The van der Waals surface area contributed by atoms with Gasteiger partial charge in [0.25, 0.3) is 0 Å². The van der Waals surface area contributed by atoms with E-state index in [9.17, 15) is 9.18 Å². The number of carbonyl (C=O) groups is 1. The van der Waals surface area contributed by atoms with Crippen LogP contribution in [0.15, 0.2) is 18.2 Å². The highest BCUT2D eigenvalue weighted by molar-refractivity contribution is 6.31. The lowest BCUT2D eigenvalue weighted by molar-refractivity contribution is 0.116. The van der Waals surface area contributed by atoms with Crippen molar-refractivity contribution in [3.05, 3.63) is 29.0 Å². The van der Waals surface area contributed by atoms with E-state index >= 15 is 0 Å². The van der Waals surface area contributed by atoms with Gasteiger partial charge >= 0.3 is 6.03 Å². The van der Waals surface area contributed by atoms with Gasteiger partial charge in [0.1, 0.15) is 5.82 Å². The average molecular weight is 312 g/mol. The molecule has 2 fully saturated rings. The van der Waals surface area contributed by atoms with Gasteiger partial charge in [-0.15, -0.1) is 0 Å². The smallest absolute Gasteiger partial charge is 0.319 e. The standard InChI is InChI=1S/C15H19ClFN3O/c16-11-9-10(5-6-12(11)17)19-15(21)20-8-7-18-13-3-1-2-4-14(13)20/h5-6,9,13-14,18H,1-4,7-8H2,(H,19,21). The number of rotatable bonds is 1. The summed E-state index contributed by atoms with van der Waals surface area (Å²) in [4.78, 5) is 14.4. The predicted octanol–water partition coefficient (Wildman–Crippen LogP) is 3.23. The minimum absolute atomic E-state index is 0.0173. The van der Waals surface area contributed by atoms with Gasteiger partial charge in [-0.25, -0.2) is 9.18 Å². The van der Waals surface area contributed by atoms with Crippen LogP contribution < -0.4 is 10.6 Å². The monoisotopic (exact) mass is 311 g/mol. The number of carbonyl (C=O) groups excluding carboxylic acids is 1. The third kappa shape index (κ3) is 3.14. The Balaban J connectivity index is 1.70. The van der Waals surface area contributed by atoms with E-state index in [1.807, 2.05) is 4.90 Å². The summed E-state index contributed by atoms with van der Waals surface area (Å²) in [7, 11) is 0. The number of nitrogens with one attached hydrogen (secondary N) is 2. The van der Waals surface area contributed by atoms with E-state index in [0.29, 0.717) is 18.3 Å². The zero-order valence-corrected chi connectivity index (χ0v) is 12.5. The van der Waals surface area contributed by atoms with Gasteiger partial charge in [-0.1, -0.05) is 24.4 Å². The number of halogens is 2. The van der Waals surface area contributed by atoms with Crippen molar-refractivity contribution in [1.29, 1.82) is 0 Å². The maximum absolute atomic E-state index is 13.1. The molecule has 3 rings (SSSR count). The van der Waals surface area contributed by atoms with E-state index in [-0.39, 0.29) is 17.1 Å². The number of fused-ring (bicyclic) bond motifs is 1. The molecule has 2 atom stereocenters. The lowest BCUT2D eigenvalue weighted by atomic mass is 9.88. The third-order valence-corrected chi connectivity index (χ3v) is 4.61. The van der Waals surface area contributed by atoms with Crippen molar-refractivity contribution in [3.8, 4) is 0 Å². The molecule has 2 amide bonds. The van der Waals surface area contributed by atoms with Crippen molar-refractivity contribution < 1.29 is 9.18 Å². The Labute approximate surface area is 128 Å². The van der Waals surface area contributed by atoms with E-state index in [4.69, 9.17) is 11.6 Å². The Morgan fingerprint density at radius 3 is 3.00 bits per heavy atom. The summed E-state index contributed by atoms with van der Waals surface area (Å²) in [6, 6.07) is 4.75. The highest BCUT2D eigenvalue weighted by atomic mass is 35.5. The van der Waals surface area contributed by atoms with Crippen LogP contribution in [0.4, 0.5) is 14.9 Å². The SMILES string of the molecule is O=C(Nc1ccc(F)c(Cl)c1)N1CCNC2CCCCC21. The number of hydrogen-bond donors (Lipinski definition) is 2. The molecular weight excluding hydrogens is 293 g/mol. The largest absolute Gasteiger partial charge is 0.322 e. The van der Waals surface area contributed by atoms with Gasteiger partial charge in [-0.2, -0.15) is 0 Å². The fourth-order valence-electron chi connectivity index (χ4n) is 3.28. The van der Waals surface area contributed by atoms with Crippen molar-refractivity contribution >= 4 is 23.3 Å². The Morgan fingerprint density at radius 1 is 1.38 bits per heavy atom. The Hall–Kier alpha value is -1.33. The molecule has 1 aliphatic heterocycles. The van der Waals surface area contributed by atoms with E-state index in [1.54, 1.807) is 0 Å². The first kappa shape index (κ1) is 14.6. The van der Waals surface area contributed by atoms with Crippen molar-refractivity contribution in [2.24, 2.45) is 0 Å². The Morgan fingerprint density at radius 2 is 2.19 bits per heavy atom. The van der Waals surface area contributed by atoms with Gasteiger partial charge in [-0.3, -0.25) is 0 Å². The van der Waals surface area contributed by atoms with Crippen molar-refractivity contribution in [1.82, 2.24) is 10.2 Å². The second kappa shape index (κ2) is 6.20.